The molecule has 2 fully saturated rings. The molecule has 4 nitrogen and oxygen atoms in total. The average Bonchev–Trinajstić information content (AvgIpc) is 2.87. The normalized spacial score (nSPS) is 33.6. The van der Waals surface area contributed by atoms with E-state index in [-0.39, 0.29) is 11.9 Å². The van der Waals surface area contributed by atoms with Gasteiger partial charge in [-0.2, -0.15) is 0 Å². The lowest BCUT2D eigenvalue weighted by Crippen LogP contribution is -2.37. The first-order valence-corrected chi connectivity index (χ1v) is 7.68. The molecule has 0 unspecified atom stereocenters. The molecule has 1 saturated heterocycles. The molecule has 1 spiro atoms. The van der Waals surface area contributed by atoms with E-state index in [9.17, 15) is 0 Å². The molecule has 0 radical (unpaired) electrons. The Labute approximate surface area is 120 Å². The predicted octanol–water partition coefficient (Wildman–Crippen LogP) is 2.49. The molecule has 0 amide bonds. The van der Waals surface area contributed by atoms with Gasteiger partial charge in [-0.05, 0) is 30.9 Å². The number of hydrogen-bond acceptors (Lipinski definition) is 4. The van der Waals surface area contributed by atoms with Crippen molar-refractivity contribution in [3.05, 3.63) is 30.1 Å². The van der Waals surface area contributed by atoms with Crippen LogP contribution in [-0.4, -0.2) is 30.0 Å². The molecule has 3 rings (SSSR count). The van der Waals surface area contributed by atoms with Gasteiger partial charge in [-0.25, -0.2) is 0 Å². The molecular formula is C16H24N2O2. The summed E-state index contributed by atoms with van der Waals surface area (Å²) in [7, 11) is 0. The van der Waals surface area contributed by atoms with Crippen LogP contribution in [0.15, 0.2) is 24.4 Å². The number of hydrogen-bond donors (Lipinski definition) is 1. The highest BCUT2D eigenvalue weighted by Gasteiger charge is 2.43. The number of nitrogens with one attached hydrogen (secondary N) is 1. The second kappa shape index (κ2) is 6.20. The molecule has 1 N–H and O–H groups in total. The van der Waals surface area contributed by atoms with Gasteiger partial charge in [0.25, 0.3) is 0 Å². The van der Waals surface area contributed by atoms with E-state index in [4.69, 9.17) is 9.47 Å². The van der Waals surface area contributed by atoms with Crippen molar-refractivity contribution >= 4 is 0 Å². The summed E-state index contributed by atoms with van der Waals surface area (Å²) in [6.45, 7) is 4.63. The minimum absolute atomic E-state index is 0.173. The molecule has 1 aromatic heterocycles. The van der Waals surface area contributed by atoms with Crippen LogP contribution >= 0.6 is 0 Å². The molecule has 2 aliphatic rings. The summed E-state index contributed by atoms with van der Waals surface area (Å²) in [5.74, 6) is 0.540. The molecule has 110 valence electrons. The minimum atomic E-state index is -0.274. The Balaban J connectivity index is 1.42. The monoisotopic (exact) mass is 276 g/mol. The van der Waals surface area contributed by atoms with Gasteiger partial charge < -0.3 is 14.8 Å². The van der Waals surface area contributed by atoms with Gasteiger partial charge >= 0.3 is 0 Å². The Bertz CT molecular complexity index is 416. The fourth-order valence-corrected chi connectivity index (χ4v) is 3.05. The third-order valence-electron chi connectivity index (χ3n) is 4.35. The molecule has 4 heteroatoms. The number of ether oxygens (including phenoxy) is 2. The highest BCUT2D eigenvalue weighted by molar-refractivity contribution is 5.02. The molecule has 1 aromatic rings. The van der Waals surface area contributed by atoms with E-state index < -0.39 is 0 Å². The van der Waals surface area contributed by atoms with Crippen LogP contribution < -0.4 is 5.32 Å². The first-order chi connectivity index (χ1) is 9.76. The maximum atomic E-state index is 6.17. The van der Waals surface area contributed by atoms with Crippen molar-refractivity contribution in [2.45, 2.75) is 51.0 Å². The van der Waals surface area contributed by atoms with Crippen LogP contribution in [0, 0.1) is 5.92 Å². The van der Waals surface area contributed by atoms with E-state index in [2.05, 4.69) is 17.2 Å². The fourth-order valence-electron chi connectivity index (χ4n) is 3.05. The molecule has 0 aromatic carbocycles. The fraction of sp³-hybridized carbons (Fsp3) is 0.688. The van der Waals surface area contributed by atoms with E-state index in [1.807, 2.05) is 24.4 Å². The van der Waals surface area contributed by atoms with Crippen molar-refractivity contribution in [2.24, 2.45) is 5.92 Å². The van der Waals surface area contributed by atoms with Gasteiger partial charge in [0.1, 0.15) is 0 Å². The van der Waals surface area contributed by atoms with Crippen molar-refractivity contribution in [3.8, 4) is 0 Å². The van der Waals surface area contributed by atoms with Crippen LogP contribution in [0.25, 0.3) is 0 Å². The summed E-state index contributed by atoms with van der Waals surface area (Å²) in [5.41, 5.74) is 1.06. The van der Waals surface area contributed by atoms with Gasteiger partial charge in [0, 0.05) is 32.1 Å². The highest BCUT2D eigenvalue weighted by atomic mass is 16.7. The van der Waals surface area contributed by atoms with Gasteiger partial charge in [-0.1, -0.05) is 13.0 Å². The summed E-state index contributed by atoms with van der Waals surface area (Å²) in [5, 5.41) is 3.41. The molecular weight excluding hydrogens is 252 g/mol. The van der Waals surface area contributed by atoms with E-state index in [1.54, 1.807) is 0 Å². The standard InChI is InChI=1S/C16H24N2O2/c1-13-5-7-16(8-6-13)19-12-15(20-16)11-17-10-14-4-2-3-9-18-14/h2-4,9,13,15,17H,5-8,10-12H2,1H3/t13?,15-,16?/m1/s1. The smallest absolute Gasteiger partial charge is 0.168 e. The summed E-state index contributed by atoms with van der Waals surface area (Å²) in [6.07, 6.45) is 6.52. The first-order valence-electron chi connectivity index (χ1n) is 7.68. The zero-order valence-corrected chi connectivity index (χ0v) is 12.2. The summed E-state index contributed by atoms with van der Waals surface area (Å²) in [6, 6.07) is 5.98. The van der Waals surface area contributed by atoms with Crippen molar-refractivity contribution in [1.29, 1.82) is 0 Å². The Morgan fingerprint density at radius 3 is 2.95 bits per heavy atom. The van der Waals surface area contributed by atoms with Gasteiger partial charge in [-0.3, -0.25) is 4.98 Å². The van der Waals surface area contributed by atoms with Gasteiger partial charge in [-0.15, -0.1) is 0 Å². The minimum Gasteiger partial charge on any atom is -0.347 e. The van der Waals surface area contributed by atoms with Crippen LogP contribution in [0.2, 0.25) is 0 Å². The number of nitrogens with zero attached hydrogens (tertiary/aromatic N) is 1. The summed E-state index contributed by atoms with van der Waals surface area (Å²) in [4.78, 5) is 4.30. The first kappa shape index (κ1) is 14.0. The molecule has 0 bridgehead atoms. The third kappa shape index (κ3) is 3.37. The van der Waals surface area contributed by atoms with Crippen LogP contribution in [0.1, 0.15) is 38.3 Å². The van der Waals surface area contributed by atoms with E-state index in [1.165, 1.54) is 12.8 Å². The van der Waals surface area contributed by atoms with E-state index in [0.29, 0.717) is 6.61 Å². The number of rotatable bonds is 4. The summed E-state index contributed by atoms with van der Waals surface area (Å²) >= 11 is 0. The van der Waals surface area contributed by atoms with Crippen LogP contribution in [0.4, 0.5) is 0 Å². The van der Waals surface area contributed by atoms with Crippen molar-refractivity contribution < 1.29 is 9.47 Å². The molecule has 1 saturated carbocycles. The SMILES string of the molecule is CC1CCC2(CC1)OC[C@@H](CNCc1ccccn1)O2. The zero-order chi connectivity index (χ0) is 13.8. The molecule has 1 aliphatic carbocycles. The molecule has 2 heterocycles. The maximum Gasteiger partial charge on any atom is 0.168 e. The maximum absolute atomic E-state index is 6.17. The molecule has 1 atom stereocenters. The quantitative estimate of drug-likeness (QED) is 0.917. The lowest BCUT2D eigenvalue weighted by atomic mass is 9.86. The lowest BCUT2D eigenvalue weighted by molar-refractivity contribution is -0.191. The van der Waals surface area contributed by atoms with Crippen LogP contribution in [-0.2, 0) is 16.0 Å². The zero-order valence-electron chi connectivity index (χ0n) is 12.2. The second-order valence-corrected chi connectivity index (χ2v) is 6.10. The summed E-state index contributed by atoms with van der Waals surface area (Å²) < 4.78 is 12.1. The average molecular weight is 276 g/mol. The Morgan fingerprint density at radius 1 is 1.35 bits per heavy atom. The van der Waals surface area contributed by atoms with Crippen LogP contribution in [0.5, 0.6) is 0 Å². The Morgan fingerprint density at radius 2 is 2.20 bits per heavy atom. The largest absolute Gasteiger partial charge is 0.347 e. The van der Waals surface area contributed by atoms with Crippen molar-refractivity contribution in [2.75, 3.05) is 13.2 Å². The Hall–Kier alpha value is -0.970. The van der Waals surface area contributed by atoms with Gasteiger partial charge in [0.2, 0.25) is 0 Å². The lowest BCUT2D eigenvalue weighted by Gasteiger charge is -2.34. The predicted molar refractivity (Wildman–Crippen MR) is 77.1 cm³/mol. The molecule has 20 heavy (non-hydrogen) atoms. The topological polar surface area (TPSA) is 43.4 Å². The van der Waals surface area contributed by atoms with E-state index >= 15 is 0 Å². The number of aromatic nitrogens is 1. The van der Waals surface area contributed by atoms with Crippen molar-refractivity contribution in [3.63, 3.8) is 0 Å². The Kier molecular flexibility index (Phi) is 4.34. The van der Waals surface area contributed by atoms with E-state index in [0.717, 1.165) is 37.5 Å². The van der Waals surface area contributed by atoms with Crippen LogP contribution in [0.3, 0.4) is 0 Å². The highest BCUT2D eigenvalue weighted by Crippen LogP contribution is 2.39. The van der Waals surface area contributed by atoms with Gasteiger partial charge in [0.05, 0.1) is 18.4 Å². The number of pyridine rings is 1. The second-order valence-electron chi connectivity index (χ2n) is 6.10. The molecule has 1 aliphatic heterocycles. The van der Waals surface area contributed by atoms with Gasteiger partial charge in [0.15, 0.2) is 5.79 Å². The third-order valence-corrected chi connectivity index (χ3v) is 4.35. The van der Waals surface area contributed by atoms with Crippen molar-refractivity contribution in [1.82, 2.24) is 10.3 Å².